The summed E-state index contributed by atoms with van der Waals surface area (Å²) in [7, 11) is 3.63. The average molecular weight is 476 g/mol. The molecule has 11 heteroatoms. The highest BCUT2D eigenvalue weighted by atomic mass is 35.5. The maximum absolute atomic E-state index is 12.9. The number of hydrogen-bond acceptors (Lipinski definition) is 6. The molecule has 0 spiro atoms. The fourth-order valence-electron chi connectivity index (χ4n) is 3.58. The Morgan fingerprint density at radius 1 is 1.15 bits per heavy atom. The van der Waals surface area contributed by atoms with Gasteiger partial charge in [0.15, 0.2) is 5.58 Å². The van der Waals surface area contributed by atoms with E-state index in [1.807, 2.05) is 31.2 Å². The Morgan fingerprint density at radius 3 is 2.61 bits per heavy atom. The van der Waals surface area contributed by atoms with Gasteiger partial charge in [0.05, 0.1) is 11.4 Å². The number of anilines is 2. The van der Waals surface area contributed by atoms with E-state index in [0.717, 1.165) is 11.3 Å². The highest BCUT2D eigenvalue weighted by Crippen LogP contribution is 2.41. The number of carbonyl (C=O) groups is 1. The number of azo groups is 1. The molecule has 3 aromatic carbocycles. The second-order valence-corrected chi connectivity index (χ2v) is 7.88. The third kappa shape index (κ3) is 4.47. The molecular weight excluding hydrogens is 459 g/mol. The number of nitrogens with one attached hydrogen (secondary N) is 1. The number of amides is 1. The number of alkyl halides is 3. The molecule has 1 heterocycles. The lowest BCUT2D eigenvalue weighted by Gasteiger charge is -2.21. The van der Waals surface area contributed by atoms with Gasteiger partial charge in [-0.15, -0.1) is 5.11 Å². The Labute approximate surface area is 190 Å². The van der Waals surface area contributed by atoms with E-state index in [4.69, 9.17) is 16.0 Å². The maximum atomic E-state index is 12.9. The van der Waals surface area contributed by atoms with Crippen LogP contribution in [0.3, 0.4) is 0 Å². The summed E-state index contributed by atoms with van der Waals surface area (Å²) in [6.45, 7) is 1.84. The standard InChI is InChI=1S/C22H17ClF3N5O2/c1-11-9-16(29-30-21-28-15-10-12(23)7-8-17(15)33-21)18-13(19(11)31(2)3)5-4-6-14(18)27-20(32)22(24,25)26/h4-10H,1-3H3,(H,27,32). The Morgan fingerprint density at radius 2 is 1.91 bits per heavy atom. The molecule has 0 radical (unpaired) electrons. The van der Waals surface area contributed by atoms with Gasteiger partial charge >= 0.3 is 18.1 Å². The molecule has 0 aliphatic rings. The van der Waals surface area contributed by atoms with Crippen LogP contribution in [0.5, 0.6) is 0 Å². The highest BCUT2D eigenvalue weighted by Gasteiger charge is 2.39. The Bertz CT molecular complexity index is 1410. The minimum atomic E-state index is -5.04. The second kappa shape index (κ2) is 8.36. The third-order valence-electron chi connectivity index (χ3n) is 4.84. The van der Waals surface area contributed by atoms with E-state index in [-0.39, 0.29) is 17.4 Å². The molecule has 7 nitrogen and oxygen atoms in total. The molecule has 0 aliphatic heterocycles. The van der Waals surface area contributed by atoms with E-state index in [9.17, 15) is 18.0 Å². The molecule has 4 rings (SSSR count). The van der Waals surface area contributed by atoms with Crippen molar-refractivity contribution in [1.29, 1.82) is 0 Å². The summed E-state index contributed by atoms with van der Waals surface area (Å²) in [6, 6.07) is 11.2. The number of halogens is 4. The minimum Gasteiger partial charge on any atom is -0.421 e. The predicted molar refractivity (Wildman–Crippen MR) is 121 cm³/mol. The summed E-state index contributed by atoms with van der Waals surface area (Å²) in [5.41, 5.74) is 2.71. The van der Waals surface area contributed by atoms with Crippen molar-refractivity contribution in [2.75, 3.05) is 24.3 Å². The number of fused-ring (bicyclic) bond motifs is 2. The second-order valence-electron chi connectivity index (χ2n) is 7.44. The molecule has 0 unspecified atom stereocenters. The largest absolute Gasteiger partial charge is 0.471 e. The molecule has 0 aliphatic carbocycles. The van der Waals surface area contributed by atoms with Crippen molar-refractivity contribution in [3.8, 4) is 0 Å². The first-order chi connectivity index (χ1) is 15.5. The summed E-state index contributed by atoms with van der Waals surface area (Å²) in [5.74, 6) is -2.08. The number of benzene rings is 3. The molecule has 4 aromatic rings. The number of aromatic nitrogens is 1. The number of rotatable bonds is 4. The van der Waals surface area contributed by atoms with E-state index in [0.29, 0.717) is 26.9 Å². The molecule has 170 valence electrons. The van der Waals surface area contributed by atoms with E-state index in [2.05, 4.69) is 15.2 Å². The molecule has 0 atom stereocenters. The average Bonchev–Trinajstić information content (AvgIpc) is 3.12. The molecular formula is C22H17ClF3N5O2. The van der Waals surface area contributed by atoms with E-state index in [1.54, 1.807) is 36.4 Å². The van der Waals surface area contributed by atoms with Crippen molar-refractivity contribution in [3.05, 3.63) is 53.1 Å². The summed E-state index contributed by atoms with van der Waals surface area (Å²) >= 11 is 5.96. The van der Waals surface area contributed by atoms with Gasteiger partial charge in [-0.2, -0.15) is 18.2 Å². The van der Waals surface area contributed by atoms with Crippen molar-refractivity contribution in [2.45, 2.75) is 13.1 Å². The summed E-state index contributed by atoms with van der Waals surface area (Å²) < 4.78 is 44.3. The zero-order valence-corrected chi connectivity index (χ0v) is 18.4. The molecule has 0 saturated carbocycles. The minimum absolute atomic E-state index is 0.0452. The van der Waals surface area contributed by atoms with Crippen molar-refractivity contribution in [2.24, 2.45) is 10.2 Å². The van der Waals surface area contributed by atoms with Gasteiger partial charge < -0.3 is 14.6 Å². The van der Waals surface area contributed by atoms with Crippen molar-refractivity contribution < 1.29 is 22.4 Å². The van der Waals surface area contributed by atoms with Gasteiger partial charge in [0.25, 0.3) is 0 Å². The van der Waals surface area contributed by atoms with Crippen LogP contribution in [0.1, 0.15) is 5.56 Å². The van der Waals surface area contributed by atoms with Gasteiger partial charge in [-0.05, 0) is 42.8 Å². The topological polar surface area (TPSA) is 83.1 Å². The fraction of sp³-hybridized carbons (Fsp3) is 0.182. The number of carbonyl (C=O) groups excluding carboxylic acids is 1. The Balaban J connectivity index is 1.87. The van der Waals surface area contributed by atoms with Crippen molar-refractivity contribution in [3.63, 3.8) is 0 Å². The van der Waals surface area contributed by atoms with Crippen LogP contribution in [-0.2, 0) is 4.79 Å². The molecule has 0 fully saturated rings. The fourth-order valence-corrected chi connectivity index (χ4v) is 3.75. The normalized spacial score (nSPS) is 12.1. The van der Waals surface area contributed by atoms with Crippen LogP contribution >= 0.6 is 11.6 Å². The van der Waals surface area contributed by atoms with Gasteiger partial charge in [0.2, 0.25) is 0 Å². The first-order valence-corrected chi connectivity index (χ1v) is 10.0. The first-order valence-electron chi connectivity index (χ1n) is 9.64. The van der Waals surface area contributed by atoms with Crippen LogP contribution in [0.25, 0.3) is 21.9 Å². The van der Waals surface area contributed by atoms with E-state index >= 15 is 0 Å². The molecule has 1 amide bonds. The van der Waals surface area contributed by atoms with E-state index < -0.39 is 12.1 Å². The molecule has 1 aromatic heterocycles. The van der Waals surface area contributed by atoms with Crippen LogP contribution in [0, 0.1) is 6.92 Å². The molecule has 0 saturated heterocycles. The zero-order chi connectivity index (χ0) is 23.9. The monoisotopic (exact) mass is 475 g/mol. The smallest absolute Gasteiger partial charge is 0.421 e. The summed E-state index contributed by atoms with van der Waals surface area (Å²) in [5, 5.41) is 11.5. The van der Waals surface area contributed by atoms with Crippen LogP contribution < -0.4 is 10.2 Å². The molecule has 0 bridgehead atoms. The lowest BCUT2D eigenvalue weighted by molar-refractivity contribution is -0.167. The number of nitrogens with zero attached hydrogens (tertiary/aromatic N) is 4. The van der Waals surface area contributed by atoms with Crippen molar-refractivity contribution in [1.82, 2.24) is 4.98 Å². The Kier molecular flexibility index (Phi) is 5.71. The maximum Gasteiger partial charge on any atom is 0.471 e. The lowest BCUT2D eigenvalue weighted by atomic mass is 10.0. The van der Waals surface area contributed by atoms with Gasteiger partial charge in [-0.3, -0.25) is 4.79 Å². The highest BCUT2D eigenvalue weighted by molar-refractivity contribution is 6.31. The lowest BCUT2D eigenvalue weighted by Crippen LogP contribution is -2.30. The molecule has 33 heavy (non-hydrogen) atoms. The summed E-state index contributed by atoms with van der Waals surface area (Å²) in [6.07, 6.45) is -5.04. The quantitative estimate of drug-likeness (QED) is 0.324. The number of aryl methyl sites for hydroxylation is 1. The van der Waals surface area contributed by atoms with Crippen LogP contribution in [0.2, 0.25) is 5.02 Å². The van der Waals surface area contributed by atoms with Crippen LogP contribution in [0.15, 0.2) is 57.1 Å². The zero-order valence-electron chi connectivity index (χ0n) is 17.7. The summed E-state index contributed by atoms with van der Waals surface area (Å²) in [4.78, 5) is 17.7. The van der Waals surface area contributed by atoms with Crippen LogP contribution in [0.4, 0.5) is 36.2 Å². The Hall–Kier alpha value is -3.66. The predicted octanol–water partition coefficient (Wildman–Crippen LogP) is 6.93. The number of oxazole rings is 1. The van der Waals surface area contributed by atoms with Gasteiger partial charge in [0, 0.05) is 35.6 Å². The van der Waals surface area contributed by atoms with Gasteiger partial charge in [-0.1, -0.05) is 28.8 Å². The van der Waals surface area contributed by atoms with E-state index in [1.165, 1.54) is 6.07 Å². The number of hydrogen-bond donors (Lipinski definition) is 1. The van der Waals surface area contributed by atoms with Gasteiger partial charge in [-0.25, -0.2) is 0 Å². The van der Waals surface area contributed by atoms with Gasteiger partial charge in [0.1, 0.15) is 5.52 Å². The van der Waals surface area contributed by atoms with Crippen molar-refractivity contribution >= 4 is 62.5 Å². The molecule has 1 N–H and O–H groups in total. The van der Waals surface area contributed by atoms with Crippen LogP contribution in [-0.4, -0.2) is 31.2 Å². The third-order valence-corrected chi connectivity index (χ3v) is 5.07. The first kappa shape index (κ1) is 22.5. The SMILES string of the molecule is Cc1cc(N=Nc2nc3cc(Cl)ccc3o2)c2c(NC(=O)C(F)(F)F)cccc2c1N(C)C.